The van der Waals surface area contributed by atoms with Gasteiger partial charge in [-0.2, -0.15) is 18.3 Å². The predicted octanol–water partition coefficient (Wildman–Crippen LogP) is 3.76. The summed E-state index contributed by atoms with van der Waals surface area (Å²) in [4.78, 5) is 12.6. The highest BCUT2D eigenvalue weighted by atomic mass is 79.9. The van der Waals surface area contributed by atoms with Crippen molar-refractivity contribution in [3.63, 3.8) is 0 Å². The zero-order valence-corrected chi connectivity index (χ0v) is 14.8. The Hall–Kier alpha value is -1.05. The van der Waals surface area contributed by atoms with E-state index in [0.717, 1.165) is 42.2 Å². The van der Waals surface area contributed by atoms with E-state index in [1.165, 1.54) is 13.5 Å². The molecule has 4 aliphatic rings. The molecular weight excluding hydrogens is 387 g/mol. The van der Waals surface area contributed by atoms with E-state index in [-0.39, 0.29) is 16.2 Å². The van der Waals surface area contributed by atoms with Crippen LogP contribution in [0.5, 0.6) is 0 Å². The third kappa shape index (κ3) is 2.57. The minimum atomic E-state index is -4.59. The number of amides is 1. The molecule has 1 N–H and O–H groups in total. The number of aromatic nitrogens is 2. The molecule has 1 aromatic rings. The average Bonchev–Trinajstić information content (AvgIpc) is 2.77. The Balaban J connectivity index is 1.56. The molecule has 0 spiro atoms. The van der Waals surface area contributed by atoms with Gasteiger partial charge in [0.05, 0.1) is 4.47 Å². The summed E-state index contributed by atoms with van der Waals surface area (Å²) in [5.74, 6) is 2.03. The Morgan fingerprint density at radius 2 is 1.71 bits per heavy atom. The van der Waals surface area contributed by atoms with Crippen molar-refractivity contribution in [3.05, 3.63) is 15.9 Å². The van der Waals surface area contributed by atoms with Gasteiger partial charge in [0, 0.05) is 13.1 Å². The Kier molecular flexibility index (Phi) is 3.75. The fourth-order valence-electron chi connectivity index (χ4n) is 5.31. The fraction of sp³-hybridized carbons (Fsp3) is 0.750. The Bertz CT molecular complexity index is 657. The van der Waals surface area contributed by atoms with Gasteiger partial charge in [-0.15, -0.1) is 0 Å². The molecule has 0 aromatic carbocycles. The van der Waals surface area contributed by atoms with Crippen LogP contribution < -0.4 is 5.32 Å². The lowest BCUT2D eigenvalue weighted by atomic mass is 9.54. The van der Waals surface area contributed by atoms with Crippen molar-refractivity contribution in [2.45, 2.75) is 44.3 Å². The normalized spacial score (nSPS) is 34.6. The lowest BCUT2D eigenvalue weighted by Crippen LogP contribution is -2.56. The fourth-order valence-corrected chi connectivity index (χ4v) is 6.05. The summed E-state index contributed by atoms with van der Waals surface area (Å²) in [5, 5.41) is 6.50. The van der Waals surface area contributed by atoms with Gasteiger partial charge < -0.3 is 5.32 Å². The van der Waals surface area contributed by atoms with Crippen LogP contribution in [0.3, 0.4) is 0 Å². The van der Waals surface area contributed by atoms with Crippen LogP contribution in [0.2, 0.25) is 0 Å². The number of hydrogen-bond acceptors (Lipinski definition) is 2. The summed E-state index contributed by atoms with van der Waals surface area (Å²) in [6.07, 6.45) is 1.28. The maximum atomic E-state index is 13.0. The zero-order chi connectivity index (χ0) is 17.2. The van der Waals surface area contributed by atoms with Crippen LogP contribution in [0.25, 0.3) is 0 Å². The third-order valence-corrected chi connectivity index (χ3v) is 6.75. The largest absolute Gasteiger partial charge is 0.436 e. The molecule has 4 fully saturated rings. The summed E-state index contributed by atoms with van der Waals surface area (Å²) in [7, 11) is 1.37. The third-order valence-electron chi connectivity index (χ3n) is 6.00. The number of halogens is 4. The SMILES string of the molecule is Cn1nc(C(F)(F)F)c(Br)c1C(=O)NC1C2CC3CC(C2)CC1C3. The summed E-state index contributed by atoms with van der Waals surface area (Å²) < 4.78 is 39.6. The Labute approximate surface area is 146 Å². The number of nitrogens with one attached hydrogen (secondary N) is 1. The van der Waals surface area contributed by atoms with Crippen molar-refractivity contribution in [1.29, 1.82) is 0 Å². The second kappa shape index (κ2) is 5.47. The maximum Gasteiger partial charge on any atom is 0.436 e. The zero-order valence-electron chi connectivity index (χ0n) is 13.2. The molecule has 24 heavy (non-hydrogen) atoms. The second-order valence-electron chi connectivity index (χ2n) is 7.56. The number of carbonyl (C=O) groups is 1. The van der Waals surface area contributed by atoms with Crippen LogP contribution in [0.1, 0.15) is 48.3 Å². The van der Waals surface area contributed by atoms with E-state index in [9.17, 15) is 18.0 Å². The van der Waals surface area contributed by atoms with Gasteiger partial charge in [-0.05, 0) is 71.7 Å². The molecule has 1 aromatic heterocycles. The van der Waals surface area contributed by atoms with Crippen molar-refractivity contribution >= 4 is 21.8 Å². The molecule has 1 heterocycles. The van der Waals surface area contributed by atoms with Gasteiger partial charge in [0.1, 0.15) is 5.69 Å². The van der Waals surface area contributed by atoms with Crippen LogP contribution >= 0.6 is 15.9 Å². The van der Waals surface area contributed by atoms with E-state index >= 15 is 0 Å². The first-order valence-corrected chi connectivity index (χ1v) is 9.14. The highest BCUT2D eigenvalue weighted by molar-refractivity contribution is 9.10. The van der Waals surface area contributed by atoms with E-state index in [2.05, 4.69) is 26.3 Å². The lowest BCUT2D eigenvalue weighted by Gasteiger charge is -2.54. The van der Waals surface area contributed by atoms with Gasteiger partial charge in [-0.25, -0.2) is 0 Å². The van der Waals surface area contributed by atoms with Crippen LogP contribution in [0.4, 0.5) is 13.2 Å². The predicted molar refractivity (Wildman–Crippen MR) is 84.2 cm³/mol. The lowest BCUT2D eigenvalue weighted by molar-refractivity contribution is -0.142. The summed E-state index contributed by atoms with van der Waals surface area (Å²) >= 11 is 2.92. The molecule has 8 heteroatoms. The molecule has 5 rings (SSSR count). The molecule has 0 saturated heterocycles. The topological polar surface area (TPSA) is 46.9 Å². The van der Waals surface area contributed by atoms with Crippen molar-refractivity contribution in [2.75, 3.05) is 0 Å². The molecule has 4 nitrogen and oxygen atoms in total. The van der Waals surface area contributed by atoms with Gasteiger partial charge in [-0.3, -0.25) is 9.48 Å². The Morgan fingerprint density at radius 1 is 1.17 bits per heavy atom. The molecule has 4 saturated carbocycles. The van der Waals surface area contributed by atoms with E-state index in [1.807, 2.05) is 0 Å². The number of rotatable bonds is 2. The van der Waals surface area contributed by atoms with Gasteiger partial charge in [-0.1, -0.05) is 0 Å². The van der Waals surface area contributed by atoms with Crippen molar-refractivity contribution in [1.82, 2.24) is 15.1 Å². The first-order chi connectivity index (χ1) is 11.2. The molecule has 132 valence electrons. The molecule has 1 amide bonds. The highest BCUT2D eigenvalue weighted by Crippen LogP contribution is 2.53. The summed E-state index contributed by atoms with van der Waals surface area (Å²) in [6.45, 7) is 0. The quantitative estimate of drug-likeness (QED) is 0.813. The van der Waals surface area contributed by atoms with Crippen LogP contribution in [0.15, 0.2) is 4.47 Å². The number of aryl methyl sites for hydroxylation is 1. The van der Waals surface area contributed by atoms with Gasteiger partial charge in [0.15, 0.2) is 5.69 Å². The average molecular weight is 406 g/mol. The maximum absolute atomic E-state index is 13.0. The first-order valence-electron chi connectivity index (χ1n) is 8.34. The van der Waals surface area contributed by atoms with Crippen molar-refractivity contribution in [2.24, 2.45) is 30.7 Å². The minimum absolute atomic E-state index is 0.0591. The van der Waals surface area contributed by atoms with E-state index in [0.29, 0.717) is 11.8 Å². The van der Waals surface area contributed by atoms with Crippen molar-refractivity contribution in [3.8, 4) is 0 Å². The smallest absolute Gasteiger partial charge is 0.347 e. The van der Waals surface area contributed by atoms with Crippen LogP contribution in [0, 0.1) is 23.7 Å². The van der Waals surface area contributed by atoms with Gasteiger partial charge in [0.25, 0.3) is 5.91 Å². The number of hydrogen-bond donors (Lipinski definition) is 1. The van der Waals surface area contributed by atoms with Gasteiger partial charge >= 0.3 is 6.18 Å². The van der Waals surface area contributed by atoms with E-state index in [4.69, 9.17) is 0 Å². The second-order valence-corrected chi connectivity index (χ2v) is 8.36. The van der Waals surface area contributed by atoms with Crippen molar-refractivity contribution < 1.29 is 18.0 Å². The first kappa shape index (κ1) is 16.4. The molecule has 0 unspecified atom stereocenters. The van der Waals surface area contributed by atoms with Crippen LogP contribution in [-0.4, -0.2) is 21.7 Å². The molecular formula is C16H19BrF3N3O. The van der Waals surface area contributed by atoms with E-state index < -0.39 is 17.8 Å². The standard InChI is InChI=1S/C16H19BrF3N3O/c1-23-13(11(17)14(22-23)16(18,19)20)15(24)21-12-9-3-7-2-8(5-9)6-10(12)4-7/h7-10,12H,2-6H2,1H3,(H,21,24). The molecule has 4 bridgehead atoms. The highest BCUT2D eigenvalue weighted by Gasteiger charge is 2.49. The molecule has 4 aliphatic carbocycles. The Morgan fingerprint density at radius 3 is 2.17 bits per heavy atom. The summed E-state index contributed by atoms with van der Waals surface area (Å²) in [6, 6.07) is 0.0847. The number of alkyl halides is 3. The van der Waals surface area contributed by atoms with Gasteiger partial charge in [0.2, 0.25) is 0 Å². The number of carbonyl (C=O) groups excluding carboxylic acids is 1. The van der Waals surface area contributed by atoms with E-state index in [1.54, 1.807) is 0 Å². The summed E-state index contributed by atoms with van der Waals surface area (Å²) in [5.41, 5.74) is -1.11. The molecule has 0 radical (unpaired) electrons. The molecule has 0 atom stereocenters. The monoisotopic (exact) mass is 405 g/mol. The molecule has 0 aliphatic heterocycles. The number of nitrogens with zero attached hydrogens (tertiary/aromatic N) is 2. The minimum Gasteiger partial charge on any atom is -0.347 e. The van der Waals surface area contributed by atoms with Crippen LogP contribution in [-0.2, 0) is 13.2 Å².